The predicted molar refractivity (Wildman–Crippen MR) is 54.7 cm³/mol. The van der Waals surface area contributed by atoms with Crippen LogP contribution in [0, 0.1) is 11.3 Å². The molecule has 0 N–H and O–H groups in total. The summed E-state index contributed by atoms with van der Waals surface area (Å²) < 4.78 is 22.0. The van der Waals surface area contributed by atoms with E-state index in [4.69, 9.17) is 16.9 Å². The van der Waals surface area contributed by atoms with E-state index in [2.05, 4.69) is 0 Å². The Morgan fingerprint density at radius 3 is 2.57 bits per heavy atom. The fourth-order valence-corrected chi connectivity index (χ4v) is 2.16. The Kier molecular flexibility index (Phi) is 3.14. The van der Waals surface area contributed by atoms with Gasteiger partial charge >= 0.3 is 0 Å². The van der Waals surface area contributed by atoms with Crippen molar-refractivity contribution in [3.63, 3.8) is 0 Å². The molecule has 74 valence electrons. The van der Waals surface area contributed by atoms with E-state index in [1.807, 2.05) is 6.07 Å². The van der Waals surface area contributed by atoms with Crippen LogP contribution in [0.1, 0.15) is 11.1 Å². The van der Waals surface area contributed by atoms with Crippen LogP contribution >= 0.6 is 11.6 Å². The zero-order valence-electron chi connectivity index (χ0n) is 7.49. The number of nitriles is 1. The minimum atomic E-state index is -3.09. The van der Waals surface area contributed by atoms with Crippen molar-refractivity contribution < 1.29 is 8.42 Å². The van der Waals surface area contributed by atoms with Crippen molar-refractivity contribution in [2.45, 2.75) is 5.75 Å². The van der Waals surface area contributed by atoms with Crippen molar-refractivity contribution in [2.75, 3.05) is 6.26 Å². The zero-order chi connectivity index (χ0) is 10.8. The molecule has 5 heteroatoms. The predicted octanol–water partition coefficient (Wildman–Crippen LogP) is 1.76. The van der Waals surface area contributed by atoms with Gasteiger partial charge in [-0.3, -0.25) is 0 Å². The molecule has 3 nitrogen and oxygen atoms in total. The molecule has 1 aromatic rings. The third-order valence-electron chi connectivity index (χ3n) is 1.60. The Balaban J connectivity index is 3.09. The molecule has 0 heterocycles. The Hall–Kier alpha value is -1.05. The maximum absolute atomic E-state index is 11.0. The van der Waals surface area contributed by atoms with Crippen LogP contribution in [0.25, 0.3) is 0 Å². The lowest BCUT2D eigenvalue weighted by atomic mass is 10.2. The topological polar surface area (TPSA) is 57.9 Å². The molecule has 0 aromatic heterocycles. The van der Waals surface area contributed by atoms with Crippen LogP contribution < -0.4 is 0 Å². The number of rotatable bonds is 2. The van der Waals surface area contributed by atoms with E-state index in [-0.39, 0.29) is 5.75 Å². The van der Waals surface area contributed by atoms with Gasteiger partial charge in [0.25, 0.3) is 0 Å². The van der Waals surface area contributed by atoms with Crippen molar-refractivity contribution >= 4 is 21.4 Å². The van der Waals surface area contributed by atoms with Gasteiger partial charge in [-0.05, 0) is 17.7 Å². The summed E-state index contributed by atoms with van der Waals surface area (Å²) in [6.07, 6.45) is 1.14. The van der Waals surface area contributed by atoms with Gasteiger partial charge in [-0.2, -0.15) is 5.26 Å². The van der Waals surface area contributed by atoms with E-state index in [0.29, 0.717) is 16.1 Å². The van der Waals surface area contributed by atoms with Gasteiger partial charge in [-0.15, -0.1) is 0 Å². The van der Waals surface area contributed by atoms with Gasteiger partial charge in [0.1, 0.15) is 0 Å². The molecule has 0 bridgehead atoms. The van der Waals surface area contributed by atoms with Gasteiger partial charge in [0, 0.05) is 11.3 Å². The standard InChI is InChI=1S/C9H8ClNO2S/c1-14(12,13)6-8-3-2-7(5-11)4-9(8)10/h2-4H,6H2,1H3. The number of benzene rings is 1. The van der Waals surface area contributed by atoms with Crippen LogP contribution in [0.15, 0.2) is 18.2 Å². The fourth-order valence-electron chi connectivity index (χ4n) is 1.02. The molecule has 0 unspecified atom stereocenters. The average molecular weight is 230 g/mol. The third kappa shape index (κ3) is 3.02. The number of hydrogen-bond acceptors (Lipinski definition) is 3. The number of sulfone groups is 1. The van der Waals surface area contributed by atoms with Gasteiger partial charge in [-0.1, -0.05) is 17.7 Å². The van der Waals surface area contributed by atoms with Crippen molar-refractivity contribution in [1.29, 1.82) is 5.26 Å². The van der Waals surface area contributed by atoms with Gasteiger partial charge in [0.05, 0.1) is 17.4 Å². The lowest BCUT2D eigenvalue weighted by Crippen LogP contribution is -2.01. The lowest BCUT2D eigenvalue weighted by Gasteiger charge is -2.02. The summed E-state index contributed by atoms with van der Waals surface area (Å²) in [5, 5.41) is 8.87. The Morgan fingerprint density at radius 1 is 1.50 bits per heavy atom. The van der Waals surface area contributed by atoms with Crippen molar-refractivity contribution in [3.8, 4) is 6.07 Å². The van der Waals surface area contributed by atoms with Crippen molar-refractivity contribution in [3.05, 3.63) is 34.3 Å². The third-order valence-corrected chi connectivity index (χ3v) is 2.79. The second-order valence-corrected chi connectivity index (χ2v) is 5.54. The van der Waals surface area contributed by atoms with Crippen LogP contribution in [0.4, 0.5) is 0 Å². The maximum Gasteiger partial charge on any atom is 0.151 e. The van der Waals surface area contributed by atoms with Gasteiger partial charge in [-0.25, -0.2) is 8.42 Å². The molecule has 0 aliphatic heterocycles. The van der Waals surface area contributed by atoms with Crippen LogP contribution in [-0.4, -0.2) is 14.7 Å². The highest BCUT2D eigenvalue weighted by Gasteiger charge is 2.08. The van der Waals surface area contributed by atoms with E-state index in [0.717, 1.165) is 6.26 Å². The lowest BCUT2D eigenvalue weighted by molar-refractivity contribution is 0.601. The first kappa shape index (κ1) is 11.0. The van der Waals surface area contributed by atoms with E-state index in [1.165, 1.54) is 6.07 Å². The first-order valence-corrected chi connectivity index (χ1v) is 6.22. The highest BCUT2D eigenvalue weighted by Crippen LogP contribution is 2.19. The molecule has 0 radical (unpaired) electrons. The average Bonchev–Trinajstić information content (AvgIpc) is 2.06. The van der Waals surface area contributed by atoms with Gasteiger partial charge < -0.3 is 0 Å². The fraction of sp³-hybridized carbons (Fsp3) is 0.222. The highest BCUT2D eigenvalue weighted by atomic mass is 35.5. The van der Waals surface area contributed by atoms with E-state index >= 15 is 0 Å². The minimum Gasteiger partial charge on any atom is -0.229 e. The number of nitrogens with zero attached hydrogens (tertiary/aromatic N) is 1. The van der Waals surface area contributed by atoms with Crippen LogP contribution in [0.2, 0.25) is 5.02 Å². The molecule has 0 aliphatic carbocycles. The Labute approximate surface area is 87.8 Å². The van der Waals surface area contributed by atoms with E-state index in [9.17, 15) is 8.42 Å². The van der Waals surface area contributed by atoms with Crippen molar-refractivity contribution in [1.82, 2.24) is 0 Å². The highest BCUT2D eigenvalue weighted by molar-refractivity contribution is 7.89. The van der Waals surface area contributed by atoms with Gasteiger partial charge in [0.15, 0.2) is 9.84 Å². The monoisotopic (exact) mass is 229 g/mol. The molecule has 1 aromatic carbocycles. The molecule has 0 fully saturated rings. The molecular formula is C9H8ClNO2S. The summed E-state index contributed by atoms with van der Waals surface area (Å²) in [6, 6.07) is 6.49. The first-order valence-electron chi connectivity index (χ1n) is 3.78. The quantitative estimate of drug-likeness (QED) is 0.777. The summed E-state index contributed by atoms with van der Waals surface area (Å²) in [4.78, 5) is 0. The maximum atomic E-state index is 11.0. The van der Waals surface area contributed by atoms with Crippen LogP contribution in [0.3, 0.4) is 0 Å². The second-order valence-electron chi connectivity index (χ2n) is 2.99. The molecule has 1 rings (SSSR count). The smallest absolute Gasteiger partial charge is 0.151 e. The molecule has 0 aliphatic rings. The molecule has 0 saturated heterocycles. The van der Waals surface area contributed by atoms with Gasteiger partial charge in [0.2, 0.25) is 0 Å². The van der Waals surface area contributed by atoms with Crippen LogP contribution in [0.5, 0.6) is 0 Å². The van der Waals surface area contributed by atoms with E-state index in [1.54, 1.807) is 12.1 Å². The normalized spacial score (nSPS) is 10.9. The van der Waals surface area contributed by atoms with Crippen LogP contribution in [-0.2, 0) is 15.6 Å². The summed E-state index contributed by atoms with van der Waals surface area (Å²) in [7, 11) is -3.09. The largest absolute Gasteiger partial charge is 0.229 e. The zero-order valence-corrected chi connectivity index (χ0v) is 9.06. The van der Waals surface area contributed by atoms with E-state index < -0.39 is 9.84 Å². The van der Waals surface area contributed by atoms with Crippen molar-refractivity contribution in [2.24, 2.45) is 0 Å². The Bertz CT molecular complexity index is 488. The molecular weight excluding hydrogens is 222 g/mol. The summed E-state index contributed by atoms with van der Waals surface area (Å²) in [5.41, 5.74) is 0.945. The first-order chi connectivity index (χ1) is 6.42. The number of halogens is 1. The molecule has 14 heavy (non-hydrogen) atoms. The summed E-state index contributed by atoms with van der Waals surface area (Å²) >= 11 is 5.80. The summed E-state index contributed by atoms with van der Waals surface area (Å²) in [5.74, 6) is -0.0997. The number of hydrogen-bond donors (Lipinski definition) is 0. The molecule has 0 saturated carbocycles. The molecule has 0 atom stereocenters. The Morgan fingerprint density at radius 2 is 2.14 bits per heavy atom. The minimum absolute atomic E-state index is 0.0997. The SMILES string of the molecule is CS(=O)(=O)Cc1ccc(C#N)cc1Cl. The second kappa shape index (κ2) is 3.99. The molecule has 0 spiro atoms. The molecule has 0 amide bonds. The summed E-state index contributed by atoms with van der Waals surface area (Å²) in [6.45, 7) is 0.